The lowest BCUT2D eigenvalue weighted by molar-refractivity contribution is -0.384. The van der Waals surface area contributed by atoms with Crippen LogP contribution in [0.3, 0.4) is 0 Å². The van der Waals surface area contributed by atoms with Gasteiger partial charge in [0.1, 0.15) is 11.2 Å². The standard InChI is InChI=1S/C17H23N5O2S/c1-4-9-19-11-13(2)20-12-16(25-3)18-21(20)17(19)10-14-5-7-15(8-6-14)22(23)24/h5-8,11,17H,4,9-10,12H2,1-3H3. The Balaban J connectivity index is 1.87. The van der Waals surface area contributed by atoms with Crippen molar-refractivity contribution >= 4 is 22.5 Å². The lowest BCUT2D eigenvalue weighted by atomic mass is 10.1. The van der Waals surface area contributed by atoms with Crippen molar-refractivity contribution in [3.05, 3.63) is 51.8 Å². The molecular weight excluding hydrogens is 338 g/mol. The Labute approximate surface area is 152 Å². The molecule has 1 aromatic carbocycles. The van der Waals surface area contributed by atoms with Gasteiger partial charge in [0.15, 0.2) is 0 Å². The number of nitro benzene ring substituents is 1. The van der Waals surface area contributed by atoms with E-state index in [0.717, 1.165) is 36.5 Å². The number of hydrogen-bond donors (Lipinski definition) is 0. The van der Waals surface area contributed by atoms with Gasteiger partial charge < -0.3 is 4.90 Å². The predicted octanol–water partition coefficient (Wildman–Crippen LogP) is 3.26. The van der Waals surface area contributed by atoms with E-state index in [9.17, 15) is 10.1 Å². The lowest BCUT2D eigenvalue weighted by Crippen LogP contribution is -2.54. The monoisotopic (exact) mass is 361 g/mol. The molecule has 25 heavy (non-hydrogen) atoms. The summed E-state index contributed by atoms with van der Waals surface area (Å²) in [5.41, 5.74) is 2.37. The van der Waals surface area contributed by atoms with E-state index in [4.69, 9.17) is 5.10 Å². The molecule has 0 radical (unpaired) electrons. The van der Waals surface area contributed by atoms with Gasteiger partial charge in [-0.15, -0.1) is 11.8 Å². The highest BCUT2D eigenvalue weighted by atomic mass is 32.2. The third kappa shape index (κ3) is 3.58. The smallest absolute Gasteiger partial charge is 0.269 e. The highest BCUT2D eigenvalue weighted by molar-refractivity contribution is 8.13. The molecule has 134 valence electrons. The summed E-state index contributed by atoms with van der Waals surface area (Å²) < 4.78 is 0. The van der Waals surface area contributed by atoms with E-state index in [2.05, 4.69) is 35.1 Å². The molecule has 0 bridgehead atoms. The minimum Gasteiger partial charge on any atom is -0.353 e. The SMILES string of the molecule is CCCN1C=C(C)N2CC(SC)=NN2C1Cc1ccc([N+](=O)[O-])cc1. The van der Waals surface area contributed by atoms with Crippen molar-refractivity contribution in [2.45, 2.75) is 32.9 Å². The van der Waals surface area contributed by atoms with Gasteiger partial charge in [0.25, 0.3) is 5.69 Å². The maximum atomic E-state index is 10.8. The lowest BCUT2D eigenvalue weighted by Gasteiger charge is -2.45. The summed E-state index contributed by atoms with van der Waals surface area (Å²) in [7, 11) is 0. The van der Waals surface area contributed by atoms with Gasteiger partial charge in [0, 0.05) is 37.0 Å². The topological polar surface area (TPSA) is 65.2 Å². The van der Waals surface area contributed by atoms with Crippen molar-refractivity contribution in [1.29, 1.82) is 0 Å². The molecule has 2 aliphatic rings. The second-order valence-corrected chi connectivity index (χ2v) is 7.07. The largest absolute Gasteiger partial charge is 0.353 e. The number of benzene rings is 1. The van der Waals surface area contributed by atoms with E-state index in [0.29, 0.717) is 0 Å². The van der Waals surface area contributed by atoms with E-state index >= 15 is 0 Å². The second-order valence-electron chi connectivity index (χ2n) is 6.19. The quantitative estimate of drug-likeness (QED) is 0.592. The first-order chi connectivity index (χ1) is 12.0. The average Bonchev–Trinajstić information content (AvgIpc) is 3.04. The van der Waals surface area contributed by atoms with Gasteiger partial charge in [0.05, 0.1) is 11.5 Å². The molecule has 0 aromatic heterocycles. The third-order valence-corrected chi connectivity index (χ3v) is 5.12. The van der Waals surface area contributed by atoms with Gasteiger partial charge in [-0.25, -0.2) is 0 Å². The Hall–Kier alpha value is -2.22. The van der Waals surface area contributed by atoms with Gasteiger partial charge in [0.2, 0.25) is 0 Å². The molecule has 2 aliphatic heterocycles. The Kier molecular flexibility index (Phi) is 5.17. The molecule has 1 aromatic rings. The average molecular weight is 361 g/mol. The molecule has 8 heteroatoms. The number of non-ortho nitro benzene ring substituents is 1. The number of hydrazine groups is 1. The molecule has 0 spiro atoms. The van der Waals surface area contributed by atoms with E-state index in [1.807, 2.05) is 18.4 Å². The Bertz CT molecular complexity index is 703. The highest BCUT2D eigenvalue weighted by Gasteiger charge is 2.36. The Morgan fingerprint density at radius 2 is 2.08 bits per heavy atom. The molecular formula is C17H23N5O2S. The normalized spacial score (nSPS) is 19.6. The summed E-state index contributed by atoms with van der Waals surface area (Å²) in [4.78, 5) is 12.8. The number of nitrogens with zero attached hydrogens (tertiary/aromatic N) is 5. The van der Waals surface area contributed by atoms with Gasteiger partial charge in [-0.2, -0.15) is 10.2 Å². The van der Waals surface area contributed by atoms with E-state index in [-0.39, 0.29) is 16.8 Å². The Morgan fingerprint density at radius 3 is 2.68 bits per heavy atom. The van der Waals surface area contributed by atoms with Crippen molar-refractivity contribution in [1.82, 2.24) is 15.0 Å². The molecule has 0 saturated heterocycles. The molecule has 0 saturated carbocycles. The first-order valence-electron chi connectivity index (χ1n) is 8.39. The maximum absolute atomic E-state index is 10.8. The fraction of sp³-hybridized carbons (Fsp3) is 0.471. The molecule has 1 unspecified atom stereocenters. The van der Waals surface area contributed by atoms with Crippen LogP contribution in [-0.2, 0) is 6.42 Å². The zero-order valence-electron chi connectivity index (χ0n) is 14.8. The van der Waals surface area contributed by atoms with Crippen LogP contribution in [0.4, 0.5) is 5.69 Å². The fourth-order valence-electron chi connectivity index (χ4n) is 3.18. The molecule has 7 nitrogen and oxygen atoms in total. The molecule has 0 N–H and O–H groups in total. The van der Waals surface area contributed by atoms with Crippen LogP contribution in [0.1, 0.15) is 25.8 Å². The number of allylic oxidation sites excluding steroid dienone is 1. The number of thioether (sulfide) groups is 1. The minimum atomic E-state index is -0.364. The van der Waals surface area contributed by atoms with Gasteiger partial charge in [-0.3, -0.25) is 15.1 Å². The molecule has 1 atom stereocenters. The van der Waals surface area contributed by atoms with Crippen molar-refractivity contribution in [2.75, 3.05) is 19.3 Å². The van der Waals surface area contributed by atoms with Crippen LogP contribution in [0.25, 0.3) is 0 Å². The van der Waals surface area contributed by atoms with Crippen LogP contribution in [0.2, 0.25) is 0 Å². The van der Waals surface area contributed by atoms with Crippen molar-refractivity contribution < 1.29 is 4.92 Å². The summed E-state index contributed by atoms with van der Waals surface area (Å²) in [6, 6.07) is 6.82. The highest BCUT2D eigenvalue weighted by Crippen LogP contribution is 2.30. The zero-order chi connectivity index (χ0) is 18.0. The molecule has 0 amide bonds. The predicted molar refractivity (Wildman–Crippen MR) is 101 cm³/mol. The van der Waals surface area contributed by atoms with Crippen LogP contribution in [0.15, 0.2) is 41.3 Å². The summed E-state index contributed by atoms with van der Waals surface area (Å²) in [6.07, 6.45) is 6.13. The maximum Gasteiger partial charge on any atom is 0.269 e. The van der Waals surface area contributed by atoms with Crippen LogP contribution in [0.5, 0.6) is 0 Å². The second kappa shape index (κ2) is 7.35. The minimum absolute atomic E-state index is 0.0785. The molecule has 2 heterocycles. The number of fused-ring (bicyclic) bond motifs is 1. The third-order valence-electron chi connectivity index (χ3n) is 4.44. The van der Waals surface area contributed by atoms with Crippen LogP contribution in [-0.4, -0.2) is 50.5 Å². The molecule has 0 aliphatic carbocycles. The molecule has 3 rings (SSSR count). The Morgan fingerprint density at radius 1 is 1.36 bits per heavy atom. The number of nitro groups is 1. The van der Waals surface area contributed by atoms with E-state index in [1.165, 1.54) is 5.70 Å². The van der Waals surface area contributed by atoms with Crippen molar-refractivity contribution in [3.8, 4) is 0 Å². The van der Waals surface area contributed by atoms with Crippen molar-refractivity contribution in [3.63, 3.8) is 0 Å². The van der Waals surface area contributed by atoms with E-state index < -0.39 is 0 Å². The first kappa shape index (κ1) is 17.6. The van der Waals surface area contributed by atoms with Crippen molar-refractivity contribution in [2.24, 2.45) is 5.10 Å². The van der Waals surface area contributed by atoms with Gasteiger partial charge in [-0.1, -0.05) is 19.1 Å². The molecule has 0 fully saturated rings. The zero-order valence-corrected chi connectivity index (χ0v) is 15.6. The summed E-state index contributed by atoms with van der Waals surface area (Å²) in [6.45, 7) is 6.03. The number of rotatable bonds is 5. The van der Waals surface area contributed by atoms with Crippen LogP contribution >= 0.6 is 11.8 Å². The number of hydrazone groups is 1. The van der Waals surface area contributed by atoms with Crippen LogP contribution in [0, 0.1) is 10.1 Å². The van der Waals surface area contributed by atoms with Gasteiger partial charge >= 0.3 is 0 Å². The summed E-state index contributed by atoms with van der Waals surface area (Å²) in [5.74, 6) is 0. The fourth-order valence-corrected chi connectivity index (χ4v) is 3.60. The van der Waals surface area contributed by atoms with Crippen LogP contribution < -0.4 is 0 Å². The summed E-state index contributed by atoms with van der Waals surface area (Å²) in [5, 5.41) is 21.0. The number of hydrogen-bond acceptors (Lipinski definition) is 7. The van der Waals surface area contributed by atoms with Gasteiger partial charge in [-0.05, 0) is 25.2 Å². The first-order valence-corrected chi connectivity index (χ1v) is 9.61. The summed E-state index contributed by atoms with van der Waals surface area (Å²) >= 11 is 1.67. The van der Waals surface area contributed by atoms with E-state index in [1.54, 1.807) is 23.9 Å².